The monoisotopic (exact) mass is 189 g/mol. The van der Waals surface area contributed by atoms with E-state index >= 15 is 0 Å². The molecule has 1 aliphatic carbocycles. The first-order valence-electron chi connectivity index (χ1n) is 4.93. The van der Waals surface area contributed by atoms with Crippen LogP contribution in [0.3, 0.4) is 0 Å². The highest BCUT2D eigenvalue weighted by atomic mass is 15.6. The van der Waals surface area contributed by atoms with Crippen molar-refractivity contribution >= 4 is 5.65 Å². The minimum atomic E-state index is 0.838. The van der Waals surface area contributed by atoms with Crippen LogP contribution >= 0.6 is 0 Å². The number of hydrogen-bond donors (Lipinski definition) is 0. The van der Waals surface area contributed by atoms with Crippen molar-refractivity contribution in [2.75, 3.05) is 0 Å². The predicted octanol–water partition coefficient (Wildman–Crippen LogP) is 0.707. The lowest BCUT2D eigenvalue weighted by Gasteiger charge is -2.16. The summed E-state index contributed by atoms with van der Waals surface area (Å²) in [6, 6.07) is 0. The van der Waals surface area contributed by atoms with Crippen molar-refractivity contribution in [1.82, 2.24) is 25.3 Å². The molecule has 0 radical (unpaired) electrons. The number of rotatable bonds is 0. The second-order valence-electron chi connectivity index (χ2n) is 3.74. The molecule has 5 heteroatoms. The molecule has 0 unspecified atom stereocenters. The standard InChI is InChI=1S/C9H11N5/c1-6-7-4-2-3-5-8(7)9-10-12-13-14(9)11-6/h2-5H2,1H3. The Balaban J connectivity index is 2.39. The Morgan fingerprint density at radius 2 is 1.93 bits per heavy atom. The smallest absolute Gasteiger partial charge is 0.152 e. The summed E-state index contributed by atoms with van der Waals surface area (Å²) in [6.45, 7) is 2.03. The van der Waals surface area contributed by atoms with Gasteiger partial charge < -0.3 is 0 Å². The SMILES string of the molecule is Cc1nn2nnnc2c2c1CCCC2. The van der Waals surface area contributed by atoms with Crippen molar-refractivity contribution in [3.05, 3.63) is 16.8 Å². The van der Waals surface area contributed by atoms with E-state index in [1.807, 2.05) is 6.92 Å². The molecule has 2 aromatic rings. The van der Waals surface area contributed by atoms with Gasteiger partial charge in [0.05, 0.1) is 5.69 Å². The zero-order valence-electron chi connectivity index (χ0n) is 8.06. The van der Waals surface area contributed by atoms with Gasteiger partial charge in [-0.1, -0.05) is 0 Å². The van der Waals surface area contributed by atoms with E-state index in [9.17, 15) is 0 Å². The van der Waals surface area contributed by atoms with E-state index in [4.69, 9.17) is 0 Å². The quantitative estimate of drug-likeness (QED) is 0.612. The minimum absolute atomic E-state index is 0.838. The molecule has 0 spiro atoms. The maximum Gasteiger partial charge on any atom is 0.203 e. The first-order chi connectivity index (χ1) is 6.86. The lowest BCUT2D eigenvalue weighted by atomic mass is 9.92. The average molecular weight is 189 g/mol. The summed E-state index contributed by atoms with van der Waals surface area (Å²) in [5.74, 6) is 0. The second kappa shape index (κ2) is 2.73. The Labute approximate surface area is 81.1 Å². The Morgan fingerprint density at radius 3 is 2.79 bits per heavy atom. The summed E-state index contributed by atoms with van der Waals surface area (Å²) in [4.78, 5) is 0. The summed E-state index contributed by atoms with van der Waals surface area (Å²) in [6.07, 6.45) is 4.70. The molecule has 0 N–H and O–H groups in total. The molecule has 2 aromatic heterocycles. The molecule has 72 valence electrons. The Hall–Kier alpha value is -1.52. The molecule has 2 heterocycles. The van der Waals surface area contributed by atoms with Gasteiger partial charge in [0.25, 0.3) is 0 Å². The molecule has 0 aliphatic heterocycles. The number of hydrogen-bond acceptors (Lipinski definition) is 4. The van der Waals surface area contributed by atoms with Crippen LogP contribution in [-0.2, 0) is 12.8 Å². The van der Waals surface area contributed by atoms with E-state index < -0.39 is 0 Å². The predicted molar refractivity (Wildman–Crippen MR) is 50.0 cm³/mol. The van der Waals surface area contributed by atoms with Crippen LogP contribution in [0.2, 0.25) is 0 Å². The molecule has 5 nitrogen and oxygen atoms in total. The van der Waals surface area contributed by atoms with Crippen molar-refractivity contribution in [3.8, 4) is 0 Å². The Kier molecular flexibility index (Phi) is 1.53. The van der Waals surface area contributed by atoms with Gasteiger partial charge in [0.2, 0.25) is 5.65 Å². The topological polar surface area (TPSA) is 56.0 Å². The van der Waals surface area contributed by atoms with Crippen LogP contribution < -0.4 is 0 Å². The highest BCUT2D eigenvalue weighted by molar-refractivity contribution is 5.51. The van der Waals surface area contributed by atoms with Crippen LogP contribution in [0.4, 0.5) is 0 Å². The molecule has 0 saturated heterocycles. The molecular formula is C9H11N5. The molecule has 0 amide bonds. The second-order valence-corrected chi connectivity index (χ2v) is 3.74. The van der Waals surface area contributed by atoms with Gasteiger partial charge in [-0.25, -0.2) is 0 Å². The number of aromatic nitrogens is 5. The lowest BCUT2D eigenvalue weighted by Crippen LogP contribution is -2.11. The van der Waals surface area contributed by atoms with Gasteiger partial charge in [-0.05, 0) is 48.6 Å². The van der Waals surface area contributed by atoms with Gasteiger partial charge in [-0.3, -0.25) is 0 Å². The average Bonchev–Trinajstić information content (AvgIpc) is 2.66. The lowest BCUT2D eigenvalue weighted by molar-refractivity contribution is 0.651. The summed E-state index contributed by atoms with van der Waals surface area (Å²) >= 11 is 0. The first kappa shape index (κ1) is 7.84. The van der Waals surface area contributed by atoms with Gasteiger partial charge in [-0.2, -0.15) is 5.10 Å². The molecule has 0 bridgehead atoms. The third-order valence-electron chi connectivity index (χ3n) is 2.87. The Bertz CT molecular complexity index is 487. The highest BCUT2D eigenvalue weighted by Crippen LogP contribution is 2.24. The zero-order chi connectivity index (χ0) is 9.54. The fourth-order valence-electron chi connectivity index (χ4n) is 2.18. The third-order valence-corrected chi connectivity index (χ3v) is 2.87. The Morgan fingerprint density at radius 1 is 1.14 bits per heavy atom. The number of aryl methyl sites for hydroxylation is 2. The van der Waals surface area contributed by atoms with E-state index in [2.05, 4.69) is 20.6 Å². The van der Waals surface area contributed by atoms with Gasteiger partial charge in [0.15, 0.2) is 0 Å². The van der Waals surface area contributed by atoms with Crippen molar-refractivity contribution < 1.29 is 0 Å². The van der Waals surface area contributed by atoms with E-state index in [0.29, 0.717) is 0 Å². The summed E-state index contributed by atoms with van der Waals surface area (Å²) < 4.78 is 1.54. The van der Waals surface area contributed by atoms with Crippen molar-refractivity contribution in [1.29, 1.82) is 0 Å². The molecule has 14 heavy (non-hydrogen) atoms. The van der Waals surface area contributed by atoms with Crippen LogP contribution in [0, 0.1) is 6.92 Å². The van der Waals surface area contributed by atoms with Crippen molar-refractivity contribution in [2.24, 2.45) is 0 Å². The summed E-state index contributed by atoms with van der Waals surface area (Å²) in [5, 5.41) is 15.8. The normalized spacial score (nSPS) is 15.8. The van der Waals surface area contributed by atoms with Crippen molar-refractivity contribution in [3.63, 3.8) is 0 Å². The van der Waals surface area contributed by atoms with Gasteiger partial charge in [0.1, 0.15) is 0 Å². The number of tetrazole rings is 1. The fraction of sp³-hybridized carbons (Fsp3) is 0.556. The highest BCUT2D eigenvalue weighted by Gasteiger charge is 2.18. The molecule has 0 atom stereocenters. The maximum atomic E-state index is 4.33. The van der Waals surface area contributed by atoms with Gasteiger partial charge >= 0.3 is 0 Å². The summed E-state index contributed by atoms with van der Waals surface area (Å²) in [7, 11) is 0. The first-order valence-corrected chi connectivity index (χ1v) is 4.93. The molecule has 0 aromatic carbocycles. The summed E-state index contributed by atoms with van der Waals surface area (Å²) in [5.41, 5.74) is 4.57. The maximum absolute atomic E-state index is 4.33. The van der Waals surface area contributed by atoms with E-state index in [-0.39, 0.29) is 0 Å². The van der Waals surface area contributed by atoms with Crippen LogP contribution in [-0.4, -0.2) is 25.3 Å². The molecule has 1 aliphatic rings. The number of nitrogens with zero attached hydrogens (tertiary/aromatic N) is 5. The largest absolute Gasteiger partial charge is 0.203 e. The third kappa shape index (κ3) is 0.950. The van der Waals surface area contributed by atoms with E-state index in [1.54, 1.807) is 4.63 Å². The molecule has 0 saturated carbocycles. The molecule has 3 rings (SSSR count). The van der Waals surface area contributed by atoms with E-state index in [0.717, 1.165) is 24.2 Å². The zero-order valence-corrected chi connectivity index (χ0v) is 8.06. The number of fused-ring (bicyclic) bond motifs is 3. The van der Waals surface area contributed by atoms with Crippen LogP contribution in [0.1, 0.15) is 29.7 Å². The van der Waals surface area contributed by atoms with Crippen molar-refractivity contribution in [2.45, 2.75) is 32.6 Å². The van der Waals surface area contributed by atoms with Crippen LogP contribution in [0.15, 0.2) is 0 Å². The van der Waals surface area contributed by atoms with Crippen LogP contribution in [0.5, 0.6) is 0 Å². The van der Waals surface area contributed by atoms with Crippen LogP contribution in [0.25, 0.3) is 5.65 Å². The van der Waals surface area contributed by atoms with Gasteiger partial charge in [-0.15, -0.1) is 9.73 Å². The van der Waals surface area contributed by atoms with E-state index in [1.165, 1.54) is 24.0 Å². The minimum Gasteiger partial charge on any atom is -0.152 e. The van der Waals surface area contributed by atoms with Gasteiger partial charge in [0, 0.05) is 5.56 Å². The molecular weight excluding hydrogens is 178 g/mol. The molecule has 0 fully saturated rings. The fourth-order valence-corrected chi connectivity index (χ4v) is 2.18.